The lowest BCUT2D eigenvalue weighted by Crippen LogP contribution is -2.71. The number of ether oxygens (including phenoxy) is 19. The van der Waals surface area contributed by atoms with Crippen molar-refractivity contribution in [3.63, 3.8) is 0 Å². The fraction of sp³-hybridized carbons (Fsp3) is 0.939. The molecule has 52 atom stereocenters. The Bertz CT molecular complexity index is 3450. The molecule has 0 amide bonds. The molecule has 125 heavy (non-hydrogen) atoms. The third-order valence-corrected chi connectivity index (χ3v) is 22.7. The average molecular weight is 1840 g/mol. The lowest BCUT2D eigenvalue weighted by molar-refractivity contribution is -0.417. The first-order valence-corrected chi connectivity index (χ1v) is 38.6. The quantitative estimate of drug-likeness (QED) is 0.0284. The van der Waals surface area contributed by atoms with Gasteiger partial charge in [0.25, 0.3) is 11.6 Å². The van der Waals surface area contributed by atoms with Crippen LogP contribution in [0.3, 0.4) is 0 Å². The summed E-state index contributed by atoms with van der Waals surface area (Å²) in [5.74, 6) is -16.2. The second kappa shape index (κ2) is 42.8. The summed E-state index contributed by atoms with van der Waals surface area (Å²) in [7, 11) is 0. The minimum Gasteiger partial charge on any atom is -0.479 e. The first kappa shape index (κ1) is 103. The van der Waals surface area contributed by atoms with Crippen LogP contribution in [0.4, 0.5) is 0 Å². The molecule has 59 heteroatoms. The maximum atomic E-state index is 13.7. The van der Waals surface area contributed by atoms with Gasteiger partial charge in [-0.05, 0) is 0 Å². The summed E-state index contributed by atoms with van der Waals surface area (Å²) in [6, 6.07) is -3.13. The standard InChI is InChI=1S/C66H108N2O57/c67-11-7-107-56(33(90)22(11)79)108-10-17(78)45-46(18(2-65(106,124-45)63(102)103)123-66(64(104)105)1-12(73)23(80)43(125-66)13(74)3-69)116-62-40(97)49(51(44(115-62)14(75)4-70)121-59-36(93)27(84)25(82)20(6-72)112-59)119-61-39(96)47(117-60-37(94)32(89)48(52(122-60)54(100)101)118-55-21(68)26(83)24(81)19(5-71)111-55)38(95)42(114-61)16(77)9-109-57-34(91)28(85)30(87)41(113-57)15(76)8-110-58-35(92)29(86)31(88)50(120-58)53(98)99/h11-52,55-62,69-97,106H,1-10,67-68H2,(H,98,99)(H,100,101)(H,102,103)(H,104,105)/t11-,12+,13+,14-,15-,16-,17+,18+,19+,20+,21+,22-,23+,24-,25+,26+,27-,28-,29-,30-,31+,32+,33+,34-,35+,36+,37+,38+,39-,40-,41+,42+,43+,44+,45+,46+,47-,48+,49+,50-,51+,52-,55+,56+,57-,58+,59-,60-,61+,62+,65+,66+/m0/s1. The molecule has 38 N–H and O–H groups in total. The van der Waals surface area contributed by atoms with Crippen LogP contribution in [0, 0.1) is 0 Å². The van der Waals surface area contributed by atoms with Gasteiger partial charge in [0, 0.05) is 12.8 Å². The Morgan fingerprint density at radius 2 is 0.776 bits per heavy atom. The van der Waals surface area contributed by atoms with Gasteiger partial charge in [0.1, 0.15) is 220 Å². The molecule has 0 saturated carbocycles. The maximum Gasteiger partial charge on any atom is 0.364 e. The molecule has 0 unspecified atom stereocenters. The normalized spacial score (nSPS) is 49.6. The van der Waals surface area contributed by atoms with Crippen molar-refractivity contribution >= 4 is 23.9 Å². The van der Waals surface area contributed by atoms with Crippen molar-refractivity contribution in [3.8, 4) is 0 Å². The van der Waals surface area contributed by atoms with Gasteiger partial charge in [-0.2, -0.15) is 0 Å². The van der Waals surface area contributed by atoms with E-state index in [0.717, 1.165) is 0 Å². The van der Waals surface area contributed by atoms with Gasteiger partial charge in [-0.1, -0.05) is 0 Å². The lowest BCUT2D eigenvalue weighted by atomic mass is 9.89. The van der Waals surface area contributed by atoms with Crippen LogP contribution in [0.1, 0.15) is 12.8 Å². The SMILES string of the molecule is N[C@H]1[C@@H](O[C@@H]2[C@H](O)[C@@H](O)[C@@H](O[C@@H]3[C@H](O)[C@@H](O[C@@H]4[C@H](O)[C@@H](O[C@H]5[C@@H]([C@H](O)CO[C@H]6OC[C@H](N)[C@H](O)[C@H]6O)O[C@@](O)(C(=O)O)C[C@H]5O[C@]5(C(=O)O)C[C@@H](O)[C@@H](O)[C@@H]([C@H](O)CO)O5)O[C@H]([C@@H](O)CO)[C@H]4O[C@@H]4O[C@H](CO)[C@@H](O)[C@H](O)[C@H]4O)O[C@H]([C@@H](O)CO[C@H]4O[C@H]([C@@H](O)CO[C@@H]5O[C@H](C(=O)O)[C@H](O)[C@H](O)[C@H]5O)[C@@H](O)[C@H](O)[C@@H]4O)[C@H]3O)O[C@@H]2C(=O)O)O[C@H](CO)[C@H](O)[C@@H]1O. The van der Waals surface area contributed by atoms with Crippen LogP contribution >= 0.6 is 0 Å². The smallest absolute Gasteiger partial charge is 0.364 e. The van der Waals surface area contributed by atoms with Crippen LogP contribution in [0.5, 0.6) is 0 Å². The molecule has 0 aromatic heterocycles. The molecular formula is C66H108N2O57. The van der Waals surface area contributed by atoms with E-state index in [1.807, 2.05) is 0 Å². The molecule has 10 fully saturated rings. The predicted octanol–water partition coefficient (Wildman–Crippen LogP) is -24.3. The van der Waals surface area contributed by atoms with E-state index in [2.05, 4.69) is 0 Å². The third kappa shape index (κ3) is 21.7. The van der Waals surface area contributed by atoms with Crippen molar-refractivity contribution in [1.82, 2.24) is 0 Å². The first-order valence-electron chi connectivity index (χ1n) is 38.6. The number of aliphatic hydroxyl groups is 30. The summed E-state index contributed by atoms with van der Waals surface area (Å²) in [5, 5.41) is 377. The minimum atomic E-state index is -3.82. The van der Waals surface area contributed by atoms with Crippen LogP contribution < -0.4 is 11.5 Å². The Kier molecular flexibility index (Phi) is 35.3. The number of hydrogen-bond acceptors (Lipinski definition) is 55. The second-order valence-electron chi connectivity index (χ2n) is 31.3. The van der Waals surface area contributed by atoms with Gasteiger partial charge in [0.05, 0.1) is 77.1 Å². The van der Waals surface area contributed by atoms with Crippen molar-refractivity contribution in [2.24, 2.45) is 11.5 Å². The molecule has 0 spiro atoms. The van der Waals surface area contributed by atoms with Gasteiger partial charge in [0.2, 0.25) is 0 Å². The van der Waals surface area contributed by atoms with Crippen LogP contribution in [-0.4, -0.2) is 568 Å². The van der Waals surface area contributed by atoms with E-state index in [1.165, 1.54) is 0 Å². The Balaban J connectivity index is 1.05. The number of carbonyl (C=O) groups is 4. The molecule has 10 heterocycles. The third-order valence-electron chi connectivity index (χ3n) is 22.7. The molecule has 59 nitrogen and oxygen atoms in total. The lowest BCUT2D eigenvalue weighted by Gasteiger charge is -2.53. The van der Waals surface area contributed by atoms with Crippen molar-refractivity contribution in [2.75, 3.05) is 52.9 Å². The molecule has 0 bridgehead atoms. The van der Waals surface area contributed by atoms with E-state index in [-0.39, 0.29) is 0 Å². The predicted molar refractivity (Wildman–Crippen MR) is 369 cm³/mol. The summed E-state index contributed by atoms with van der Waals surface area (Å²) in [6.07, 6.45) is -122. The second-order valence-corrected chi connectivity index (χ2v) is 31.3. The number of nitrogens with two attached hydrogens (primary N) is 2. The van der Waals surface area contributed by atoms with E-state index in [0.29, 0.717) is 0 Å². The first-order chi connectivity index (χ1) is 58.6. The zero-order chi connectivity index (χ0) is 92.7. The zero-order valence-corrected chi connectivity index (χ0v) is 64.7. The molecule has 0 aromatic rings. The molecule has 10 aliphatic heterocycles. The van der Waals surface area contributed by atoms with Gasteiger partial charge in [-0.25, -0.2) is 19.2 Å². The Labute approximate surface area is 700 Å². The van der Waals surface area contributed by atoms with Gasteiger partial charge in [0.15, 0.2) is 62.5 Å². The number of aliphatic hydroxyl groups excluding tert-OH is 29. The van der Waals surface area contributed by atoms with Crippen LogP contribution in [0.15, 0.2) is 0 Å². The summed E-state index contributed by atoms with van der Waals surface area (Å²) in [5.41, 5.74) is 11.8. The Morgan fingerprint density at radius 3 is 1.34 bits per heavy atom. The summed E-state index contributed by atoms with van der Waals surface area (Å²) in [6.45, 7) is -9.94. The summed E-state index contributed by atoms with van der Waals surface area (Å²) >= 11 is 0. The number of aliphatic carboxylic acids is 4. The molecule has 0 aliphatic carbocycles. The highest BCUT2D eigenvalue weighted by molar-refractivity contribution is 5.77. The summed E-state index contributed by atoms with van der Waals surface area (Å²) < 4.78 is 108. The molecule has 724 valence electrons. The number of hydrogen-bond donors (Lipinski definition) is 36. The highest BCUT2D eigenvalue weighted by Gasteiger charge is 2.66. The van der Waals surface area contributed by atoms with Crippen LogP contribution in [0.25, 0.3) is 0 Å². The molecule has 10 aliphatic rings. The molecule has 0 aromatic carbocycles. The minimum absolute atomic E-state index is 0.576. The zero-order valence-electron chi connectivity index (χ0n) is 64.7. The highest BCUT2D eigenvalue weighted by atomic mass is 16.8. The van der Waals surface area contributed by atoms with Crippen LogP contribution in [-0.2, 0) is 109 Å². The van der Waals surface area contributed by atoms with E-state index >= 15 is 0 Å². The van der Waals surface area contributed by atoms with Crippen molar-refractivity contribution in [1.29, 1.82) is 0 Å². The van der Waals surface area contributed by atoms with E-state index in [1.54, 1.807) is 0 Å². The van der Waals surface area contributed by atoms with Gasteiger partial charge in [-0.3, -0.25) is 0 Å². The van der Waals surface area contributed by atoms with Gasteiger partial charge < -0.3 is 275 Å². The largest absolute Gasteiger partial charge is 0.479 e. The number of carboxylic acids is 4. The van der Waals surface area contributed by atoms with E-state index < -0.39 is 408 Å². The van der Waals surface area contributed by atoms with Gasteiger partial charge in [-0.15, -0.1) is 0 Å². The van der Waals surface area contributed by atoms with Crippen molar-refractivity contribution in [2.45, 2.75) is 331 Å². The maximum absolute atomic E-state index is 13.7. The van der Waals surface area contributed by atoms with Crippen LogP contribution in [0.2, 0.25) is 0 Å². The van der Waals surface area contributed by atoms with E-state index in [4.69, 9.17) is 101 Å². The fourth-order valence-corrected chi connectivity index (χ4v) is 15.5. The monoisotopic (exact) mass is 1840 g/mol. The number of rotatable bonds is 34. The van der Waals surface area contributed by atoms with Crippen molar-refractivity contribution < 1.29 is 283 Å². The molecule has 10 rings (SSSR count). The fourth-order valence-electron chi connectivity index (χ4n) is 15.5. The van der Waals surface area contributed by atoms with E-state index in [9.17, 15) is 193 Å². The molecular weight excluding hydrogens is 1730 g/mol. The highest BCUT2D eigenvalue weighted by Crippen LogP contribution is 2.45. The Hall–Kier alpha value is -4.16. The average Bonchev–Trinajstić information content (AvgIpc) is 0.743. The molecule has 10 saturated heterocycles. The Morgan fingerprint density at radius 1 is 0.352 bits per heavy atom. The number of carboxylic acid groups (broad SMARTS) is 4. The molecule has 0 radical (unpaired) electrons. The van der Waals surface area contributed by atoms with Crippen molar-refractivity contribution in [3.05, 3.63) is 0 Å². The summed E-state index contributed by atoms with van der Waals surface area (Å²) in [4.78, 5) is 51.8. The van der Waals surface area contributed by atoms with Gasteiger partial charge >= 0.3 is 23.9 Å². The topological polar surface area (TPSA) is 984 Å².